The highest BCUT2D eigenvalue weighted by Gasteiger charge is 2.14. The van der Waals surface area contributed by atoms with Crippen molar-refractivity contribution in [1.29, 1.82) is 0 Å². The van der Waals surface area contributed by atoms with E-state index in [0.717, 1.165) is 44.5 Å². The van der Waals surface area contributed by atoms with Crippen molar-refractivity contribution in [1.82, 2.24) is 4.90 Å². The first-order valence-corrected chi connectivity index (χ1v) is 12.8. The van der Waals surface area contributed by atoms with Crippen LogP contribution < -0.4 is 5.32 Å². The third-order valence-electron chi connectivity index (χ3n) is 5.70. The summed E-state index contributed by atoms with van der Waals surface area (Å²) >= 11 is 0. The monoisotopic (exact) mass is 430 g/mol. The fourth-order valence-electron chi connectivity index (χ4n) is 3.91. The number of benzene rings is 1. The Kier molecular flexibility index (Phi) is 15.6. The van der Waals surface area contributed by atoms with Crippen LogP contribution in [0.25, 0.3) is 0 Å². The minimum atomic E-state index is 0.0635. The van der Waals surface area contributed by atoms with Crippen molar-refractivity contribution in [2.75, 3.05) is 18.4 Å². The molecule has 176 valence electrons. The van der Waals surface area contributed by atoms with Crippen molar-refractivity contribution in [3.05, 3.63) is 29.8 Å². The molecule has 0 aliphatic carbocycles. The zero-order chi connectivity index (χ0) is 22.7. The van der Waals surface area contributed by atoms with Crippen LogP contribution in [-0.4, -0.2) is 29.8 Å². The van der Waals surface area contributed by atoms with Gasteiger partial charge in [0.05, 0.1) is 0 Å². The lowest BCUT2D eigenvalue weighted by atomic mass is 10.1. The topological polar surface area (TPSA) is 49.4 Å². The van der Waals surface area contributed by atoms with E-state index in [4.69, 9.17) is 0 Å². The molecule has 1 N–H and O–H groups in total. The van der Waals surface area contributed by atoms with Gasteiger partial charge in [-0.25, -0.2) is 0 Å². The minimum Gasteiger partial charge on any atom is -0.339 e. The van der Waals surface area contributed by atoms with E-state index in [2.05, 4.69) is 26.1 Å². The first-order valence-electron chi connectivity index (χ1n) is 12.8. The van der Waals surface area contributed by atoms with Gasteiger partial charge in [-0.05, 0) is 43.5 Å². The highest BCUT2D eigenvalue weighted by atomic mass is 16.2. The molecule has 0 saturated heterocycles. The molecule has 31 heavy (non-hydrogen) atoms. The summed E-state index contributed by atoms with van der Waals surface area (Å²) in [5, 5.41) is 2.96. The zero-order valence-electron chi connectivity index (χ0n) is 20.4. The Morgan fingerprint density at radius 3 is 1.65 bits per heavy atom. The van der Waals surface area contributed by atoms with Crippen molar-refractivity contribution >= 4 is 17.5 Å². The van der Waals surface area contributed by atoms with Gasteiger partial charge in [-0.3, -0.25) is 9.59 Å². The lowest BCUT2D eigenvalue weighted by molar-refractivity contribution is -0.116. The molecule has 4 heteroatoms. The van der Waals surface area contributed by atoms with Gasteiger partial charge in [0, 0.05) is 30.8 Å². The van der Waals surface area contributed by atoms with Crippen LogP contribution in [0.3, 0.4) is 0 Å². The van der Waals surface area contributed by atoms with Crippen LogP contribution in [0.1, 0.15) is 121 Å². The minimum absolute atomic E-state index is 0.0635. The summed E-state index contributed by atoms with van der Waals surface area (Å²) in [4.78, 5) is 26.7. The third-order valence-corrected chi connectivity index (χ3v) is 5.70. The fourth-order valence-corrected chi connectivity index (χ4v) is 3.91. The number of hydrogen-bond acceptors (Lipinski definition) is 2. The summed E-state index contributed by atoms with van der Waals surface area (Å²) in [6.45, 7) is 8.00. The lowest BCUT2D eigenvalue weighted by Crippen LogP contribution is -2.32. The summed E-state index contributed by atoms with van der Waals surface area (Å²) in [6.07, 6.45) is 16.6. The van der Waals surface area contributed by atoms with E-state index in [1.165, 1.54) is 57.8 Å². The van der Waals surface area contributed by atoms with Crippen molar-refractivity contribution in [3.63, 3.8) is 0 Å². The summed E-state index contributed by atoms with van der Waals surface area (Å²) in [6, 6.07) is 7.31. The number of hydrogen-bond donors (Lipinski definition) is 1. The van der Waals surface area contributed by atoms with Gasteiger partial charge in [0.25, 0.3) is 5.91 Å². The molecule has 0 aromatic heterocycles. The molecule has 2 amide bonds. The SMILES string of the molecule is CCCCCCCCCCCCCC(=O)Nc1ccc(C(=O)N(CCC)CCC)cc1. The molecular weight excluding hydrogens is 384 g/mol. The number of carbonyl (C=O) groups is 2. The van der Waals surface area contributed by atoms with Crippen molar-refractivity contribution < 1.29 is 9.59 Å². The first-order chi connectivity index (χ1) is 15.1. The van der Waals surface area contributed by atoms with E-state index >= 15 is 0 Å². The smallest absolute Gasteiger partial charge is 0.253 e. The van der Waals surface area contributed by atoms with E-state index in [0.29, 0.717) is 12.0 Å². The van der Waals surface area contributed by atoms with Gasteiger partial charge in [-0.2, -0.15) is 0 Å². The van der Waals surface area contributed by atoms with E-state index in [9.17, 15) is 9.59 Å². The van der Waals surface area contributed by atoms with Crippen LogP contribution in [0, 0.1) is 0 Å². The van der Waals surface area contributed by atoms with Gasteiger partial charge in [0.2, 0.25) is 5.91 Å². The van der Waals surface area contributed by atoms with E-state index in [1.807, 2.05) is 29.2 Å². The Balaban J connectivity index is 2.20. The predicted octanol–water partition coefficient (Wildman–Crippen LogP) is 7.59. The van der Waals surface area contributed by atoms with Gasteiger partial charge < -0.3 is 10.2 Å². The molecule has 1 aromatic carbocycles. The number of nitrogens with zero attached hydrogens (tertiary/aromatic N) is 1. The fraction of sp³-hybridized carbons (Fsp3) is 0.704. The maximum Gasteiger partial charge on any atom is 0.253 e. The number of rotatable bonds is 18. The van der Waals surface area contributed by atoms with Gasteiger partial charge in [0.15, 0.2) is 0 Å². The molecule has 0 fully saturated rings. The maximum absolute atomic E-state index is 12.6. The Bertz CT molecular complexity index is 592. The average molecular weight is 431 g/mol. The van der Waals surface area contributed by atoms with E-state index in [1.54, 1.807) is 0 Å². The normalized spacial score (nSPS) is 10.8. The Morgan fingerprint density at radius 2 is 1.16 bits per heavy atom. The number of nitrogens with one attached hydrogen (secondary N) is 1. The van der Waals surface area contributed by atoms with Crippen LogP contribution in [0.2, 0.25) is 0 Å². The second-order valence-electron chi connectivity index (χ2n) is 8.70. The molecule has 1 aromatic rings. The predicted molar refractivity (Wildman–Crippen MR) is 133 cm³/mol. The molecule has 0 unspecified atom stereocenters. The highest BCUT2D eigenvalue weighted by molar-refractivity contribution is 5.95. The van der Waals surface area contributed by atoms with Crippen molar-refractivity contribution in [2.24, 2.45) is 0 Å². The molecule has 0 spiro atoms. The number of unbranched alkanes of at least 4 members (excludes halogenated alkanes) is 10. The Morgan fingerprint density at radius 1 is 0.677 bits per heavy atom. The zero-order valence-corrected chi connectivity index (χ0v) is 20.4. The summed E-state index contributed by atoms with van der Waals surface area (Å²) in [5.74, 6) is 0.135. The van der Waals surface area contributed by atoms with Crippen molar-refractivity contribution in [3.8, 4) is 0 Å². The Labute approximate surface area is 191 Å². The third kappa shape index (κ3) is 12.6. The average Bonchev–Trinajstić information content (AvgIpc) is 2.77. The molecule has 0 radical (unpaired) electrons. The second-order valence-corrected chi connectivity index (χ2v) is 8.70. The molecule has 0 saturated carbocycles. The molecule has 0 heterocycles. The van der Waals surface area contributed by atoms with Crippen LogP contribution >= 0.6 is 0 Å². The first kappa shape index (κ1) is 27.2. The van der Waals surface area contributed by atoms with E-state index < -0.39 is 0 Å². The largest absolute Gasteiger partial charge is 0.339 e. The summed E-state index contributed by atoms with van der Waals surface area (Å²) in [7, 11) is 0. The summed E-state index contributed by atoms with van der Waals surface area (Å²) < 4.78 is 0. The quantitative estimate of drug-likeness (QED) is 0.244. The lowest BCUT2D eigenvalue weighted by Gasteiger charge is -2.21. The highest BCUT2D eigenvalue weighted by Crippen LogP contribution is 2.15. The van der Waals surface area contributed by atoms with Crippen LogP contribution in [0.15, 0.2) is 24.3 Å². The van der Waals surface area contributed by atoms with Gasteiger partial charge in [-0.15, -0.1) is 0 Å². The summed E-state index contributed by atoms with van der Waals surface area (Å²) in [5.41, 5.74) is 1.45. The molecule has 0 aliphatic heterocycles. The molecule has 1 rings (SSSR count). The molecular formula is C27H46N2O2. The van der Waals surface area contributed by atoms with Crippen LogP contribution in [-0.2, 0) is 4.79 Å². The van der Waals surface area contributed by atoms with Crippen LogP contribution in [0.5, 0.6) is 0 Å². The molecule has 0 atom stereocenters. The van der Waals surface area contributed by atoms with Gasteiger partial charge in [-0.1, -0.05) is 85.0 Å². The van der Waals surface area contributed by atoms with Crippen LogP contribution in [0.4, 0.5) is 5.69 Å². The number of carbonyl (C=O) groups excluding carboxylic acids is 2. The molecule has 0 aliphatic rings. The van der Waals surface area contributed by atoms with Crippen molar-refractivity contribution in [2.45, 2.75) is 111 Å². The van der Waals surface area contributed by atoms with Gasteiger partial charge >= 0.3 is 0 Å². The van der Waals surface area contributed by atoms with E-state index in [-0.39, 0.29) is 11.8 Å². The second kappa shape index (κ2) is 17.8. The molecule has 4 nitrogen and oxygen atoms in total. The number of amides is 2. The van der Waals surface area contributed by atoms with Gasteiger partial charge in [0.1, 0.15) is 0 Å². The number of anilines is 1. The maximum atomic E-state index is 12.6. The standard InChI is InChI=1S/C27H46N2O2/c1-4-7-8-9-10-11-12-13-14-15-16-17-26(30)28-25-20-18-24(19-21-25)27(31)29(22-5-2)23-6-3/h18-21H,4-17,22-23H2,1-3H3,(H,28,30). The molecule has 0 bridgehead atoms. The Hall–Kier alpha value is -1.84.